The van der Waals surface area contributed by atoms with Crippen molar-refractivity contribution in [3.05, 3.63) is 35.8 Å². The van der Waals surface area contributed by atoms with Crippen molar-refractivity contribution in [2.75, 3.05) is 0 Å². The highest BCUT2D eigenvalue weighted by Crippen LogP contribution is 2.24. The lowest BCUT2D eigenvalue weighted by Gasteiger charge is -2.11. The number of hydrogen-bond donors (Lipinski definition) is 0. The van der Waals surface area contributed by atoms with E-state index in [0.717, 1.165) is 24.0 Å². The minimum atomic E-state index is -0.306. The van der Waals surface area contributed by atoms with E-state index in [1.54, 1.807) is 6.07 Å². The van der Waals surface area contributed by atoms with Gasteiger partial charge >= 0.3 is 0 Å². The van der Waals surface area contributed by atoms with Crippen LogP contribution in [-0.2, 0) is 6.42 Å². The first-order valence-electron chi connectivity index (χ1n) is 5.89. The Morgan fingerprint density at radius 2 is 2.12 bits per heavy atom. The zero-order chi connectivity index (χ0) is 12.4. The van der Waals surface area contributed by atoms with Crippen LogP contribution in [0.15, 0.2) is 28.7 Å². The molecule has 0 saturated carbocycles. The molecule has 1 unspecified atom stereocenters. The third-order valence-corrected chi connectivity index (χ3v) is 3.66. The molecule has 0 N–H and O–H groups in total. The topological polar surface area (TPSA) is 13.1 Å². The molecule has 1 nitrogen and oxygen atoms in total. The molecule has 2 aromatic rings. The summed E-state index contributed by atoms with van der Waals surface area (Å²) in [5.41, 5.74) is 0.346. The van der Waals surface area contributed by atoms with Crippen LogP contribution in [0.2, 0.25) is 0 Å². The van der Waals surface area contributed by atoms with Crippen molar-refractivity contribution in [1.82, 2.24) is 0 Å². The molecule has 3 heteroatoms. The smallest absolute Gasteiger partial charge is 0.169 e. The van der Waals surface area contributed by atoms with E-state index >= 15 is 0 Å². The van der Waals surface area contributed by atoms with Crippen LogP contribution in [0.25, 0.3) is 11.0 Å². The van der Waals surface area contributed by atoms with Gasteiger partial charge in [0.2, 0.25) is 0 Å². The van der Waals surface area contributed by atoms with Crippen LogP contribution in [0.5, 0.6) is 0 Å². The fourth-order valence-electron chi connectivity index (χ4n) is 1.82. The highest BCUT2D eigenvalue weighted by molar-refractivity contribution is 6.20. The number of fused-ring (bicyclic) bond motifs is 1. The summed E-state index contributed by atoms with van der Waals surface area (Å²) in [6, 6.07) is 6.85. The SMILES string of the molecule is CC(C)C(Cl)CCc1cc2cccc(F)c2o1. The van der Waals surface area contributed by atoms with Crippen LogP contribution in [0.4, 0.5) is 4.39 Å². The van der Waals surface area contributed by atoms with E-state index in [-0.39, 0.29) is 11.2 Å². The monoisotopic (exact) mass is 254 g/mol. The number of furan rings is 1. The molecule has 0 fully saturated rings. The Labute approximate surface area is 106 Å². The Morgan fingerprint density at radius 1 is 1.35 bits per heavy atom. The van der Waals surface area contributed by atoms with Crippen LogP contribution in [0, 0.1) is 11.7 Å². The van der Waals surface area contributed by atoms with E-state index in [1.807, 2.05) is 12.1 Å². The van der Waals surface area contributed by atoms with Crippen molar-refractivity contribution >= 4 is 22.6 Å². The second-order valence-corrected chi connectivity index (χ2v) is 5.23. The van der Waals surface area contributed by atoms with Gasteiger partial charge in [0.05, 0.1) is 0 Å². The zero-order valence-corrected chi connectivity index (χ0v) is 10.8. The molecule has 0 radical (unpaired) electrons. The van der Waals surface area contributed by atoms with E-state index in [0.29, 0.717) is 11.5 Å². The Kier molecular flexibility index (Phi) is 3.72. The van der Waals surface area contributed by atoms with Gasteiger partial charge in [-0.3, -0.25) is 0 Å². The second-order valence-electron chi connectivity index (χ2n) is 4.67. The van der Waals surface area contributed by atoms with Gasteiger partial charge in [0.1, 0.15) is 5.76 Å². The molecule has 1 heterocycles. The quantitative estimate of drug-likeness (QED) is 0.717. The lowest BCUT2D eigenvalue weighted by Crippen LogP contribution is -2.08. The van der Waals surface area contributed by atoms with Crippen molar-refractivity contribution in [2.45, 2.75) is 32.1 Å². The van der Waals surface area contributed by atoms with E-state index in [1.165, 1.54) is 6.07 Å². The first-order chi connectivity index (χ1) is 8.08. The Morgan fingerprint density at radius 3 is 2.76 bits per heavy atom. The number of para-hydroxylation sites is 1. The van der Waals surface area contributed by atoms with Crippen LogP contribution >= 0.6 is 11.6 Å². The van der Waals surface area contributed by atoms with Gasteiger partial charge in [0.25, 0.3) is 0 Å². The lowest BCUT2D eigenvalue weighted by molar-refractivity contribution is 0.491. The summed E-state index contributed by atoms with van der Waals surface area (Å²) in [4.78, 5) is 0. The second kappa shape index (κ2) is 5.09. The molecule has 0 amide bonds. The van der Waals surface area contributed by atoms with Gasteiger partial charge in [-0.05, 0) is 24.5 Å². The third-order valence-electron chi connectivity index (χ3n) is 2.94. The normalized spacial score (nSPS) is 13.5. The summed E-state index contributed by atoms with van der Waals surface area (Å²) in [6.45, 7) is 4.19. The third kappa shape index (κ3) is 2.81. The van der Waals surface area contributed by atoms with Gasteiger partial charge in [0.15, 0.2) is 11.4 Å². The highest BCUT2D eigenvalue weighted by Gasteiger charge is 2.12. The Bertz CT molecular complexity index is 504. The summed E-state index contributed by atoms with van der Waals surface area (Å²) >= 11 is 6.18. The predicted octanol–water partition coefficient (Wildman–Crippen LogP) is 4.77. The molecular weight excluding hydrogens is 239 g/mol. The molecular formula is C14H16ClFO. The number of alkyl halides is 1. The van der Waals surface area contributed by atoms with Crippen LogP contribution in [0.1, 0.15) is 26.0 Å². The van der Waals surface area contributed by atoms with Gasteiger partial charge < -0.3 is 4.42 Å². The molecule has 0 bridgehead atoms. The first-order valence-corrected chi connectivity index (χ1v) is 6.32. The molecule has 0 spiro atoms. The van der Waals surface area contributed by atoms with Crippen LogP contribution < -0.4 is 0 Å². The molecule has 0 saturated heterocycles. The van der Waals surface area contributed by atoms with Gasteiger partial charge in [-0.1, -0.05) is 26.0 Å². The first kappa shape index (κ1) is 12.4. The zero-order valence-electron chi connectivity index (χ0n) is 10.0. The number of rotatable bonds is 4. The number of aryl methyl sites for hydroxylation is 1. The Balaban J connectivity index is 2.12. The van der Waals surface area contributed by atoms with Crippen molar-refractivity contribution in [2.24, 2.45) is 5.92 Å². The average molecular weight is 255 g/mol. The van der Waals surface area contributed by atoms with Crippen LogP contribution in [0.3, 0.4) is 0 Å². The number of hydrogen-bond acceptors (Lipinski definition) is 1. The molecule has 0 aliphatic rings. The van der Waals surface area contributed by atoms with Crippen molar-refractivity contribution < 1.29 is 8.81 Å². The minimum Gasteiger partial charge on any atom is -0.458 e. The van der Waals surface area contributed by atoms with Crippen molar-refractivity contribution in [1.29, 1.82) is 0 Å². The van der Waals surface area contributed by atoms with Crippen molar-refractivity contribution in [3.63, 3.8) is 0 Å². The van der Waals surface area contributed by atoms with E-state index in [4.69, 9.17) is 16.0 Å². The van der Waals surface area contributed by atoms with Crippen molar-refractivity contribution in [3.8, 4) is 0 Å². The fourth-order valence-corrected chi connectivity index (χ4v) is 1.93. The maximum absolute atomic E-state index is 13.4. The summed E-state index contributed by atoms with van der Waals surface area (Å²) in [7, 11) is 0. The van der Waals surface area contributed by atoms with Gasteiger partial charge in [-0.15, -0.1) is 11.6 Å². The predicted molar refractivity (Wildman–Crippen MR) is 69.0 cm³/mol. The summed E-state index contributed by atoms with van der Waals surface area (Å²) < 4.78 is 18.9. The van der Waals surface area contributed by atoms with Gasteiger partial charge in [0, 0.05) is 17.2 Å². The maximum atomic E-state index is 13.4. The summed E-state index contributed by atoms with van der Waals surface area (Å²) in [5.74, 6) is 0.939. The van der Waals surface area contributed by atoms with E-state index in [2.05, 4.69) is 13.8 Å². The van der Waals surface area contributed by atoms with E-state index < -0.39 is 0 Å². The molecule has 2 rings (SSSR count). The molecule has 0 aliphatic heterocycles. The number of benzene rings is 1. The molecule has 92 valence electrons. The molecule has 17 heavy (non-hydrogen) atoms. The highest BCUT2D eigenvalue weighted by atomic mass is 35.5. The summed E-state index contributed by atoms with van der Waals surface area (Å²) in [5, 5.41) is 0.948. The Hall–Kier alpha value is -1.02. The van der Waals surface area contributed by atoms with Crippen LogP contribution in [-0.4, -0.2) is 5.38 Å². The van der Waals surface area contributed by atoms with Gasteiger partial charge in [-0.25, -0.2) is 4.39 Å². The average Bonchev–Trinajstić information content (AvgIpc) is 2.70. The van der Waals surface area contributed by atoms with E-state index in [9.17, 15) is 4.39 Å². The summed E-state index contributed by atoms with van der Waals surface area (Å²) in [6.07, 6.45) is 1.60. The molecule has 1 aromatic heterocycles. The molecule has 0 aliphatic carbocycles. The number of halogens is 2. The largest absolute Gasteiger partial charge is 0.458 e. The molecule has 1 aromatic carbocycles. The minimum absolute atomic E-state index is 0.132. The van der Waals surface area contributed by atoms with Gasteiger partial charge in [-0.2, -0.15) is 0 Å². The lowest BCUT2D eigenvalue weighted by atomic mass is 10.0. The molecule has 1 atom stereocenters. The maximum Gasteiger partial charge on any atom is 0.169 e. The fraction of sp³-hybridized carbons (Fsp3) is 0.429. The standard InChI is InChI=1S/C14H16ClFO/c1-9(2)12(15)7-6-11-8-10-4-3-5-13(16)14(10)17-11/h3-5,8-9,12H,6-7H2,1-2H3.